The third kappa shape index (κ3) is 1.36. The van der Waals surface area contributed by atoms with Gasteiger partial charge in [-0.05, 0) is 12.8 Å². The van der Waals surface area contributed by atoms with Crippen LogP contribution >= 0.6 is 0 Å². The van der Waals surface area contributed by atoms with Crippen LogP contribution in [0.1, 0.15) is 41.4 Å². The van der Waals surface area contributed by atoms with Crippen LogP contribution in [0.15, 0.2) is 12.7 Å². The highest BCUT2D eigenvalue weighted by Gasteiger charge is 2.26. The molecule has 0 spiro atoms. The first-order valence-electron chi connectivity index (χ1n) is 4.86. The van der Waals surface area contributed by atoms with E-state index in [4.69, 9.17) is 0 Å². The highest BCUT2D eigenvalue weighted by molar-refractivity contribution is 5.73. The molecule has 0 unspecified atom stereocenters. The molecule has 0 bridgehead atoms. The van der Waals surface area contributed by atoms with E-state index in [1.54, 1.807) is 10.8 Å². The Balaban J connectivity index is 2.34. The summed E-state index contributed by atoms with van der Waals surface area (Å²) in [5.41, 5.74) is 1.49. The first-order valence-corrected chi connectivity index (χ1v) is 4.86. The maximum Gasteiger partial charge on any atom is 0.172 e. The van der Waals surface area contributed by atoms with Gasteiger partial charge in [-0.25, -0.2) is 4.68 Å². The smallest absolute Gasteiger partial charge is 0.172 e. The fourth-order valence-electron chi connectivity index (χ4n) is 1.78. The van der Waals surface area contributed by atoms with Crippen LogP contribution < -0.4 is 0 Å². The van der Waals surface area contributed by atoms with Gasteiger partial charge >= 0.3 is 0 Å². The number of carbonyl (C=O) groups is 1. The van der Waals surface area contributed by atoms with E-state index >= 15 is 0 Å². The van der Waals surface area contributed by atoms with Crippen molar-refractivity contribution in [1.29, 1.82) is 0 Å². The summed E-state index contributed by atoms with van der Waals surface area (Å²) in [5, 5.41) is 7.80. The van der Waals surface area contributed by atoms with Crippen molar-refractivity contribution in [2.75, 3.05) is 0 Å². The zero-order valence-electron chi connectivity index (χ0n) is 8.02. The molecule has 0 saturated heterocycles. The molecule has 1 aromatic heterocycles. The van der Waals surface area contributed by atoms with Crippen molar-refractivity contribution in [3.8, 4) is 0 Å². The van der Waals surface area contributed by atoms with Crippen molar-refractivity contribution in [3.63, 3.8) is 0 Å². The zero-order chi connectivity index (χ0) is 9.97. The van der Waals surface area contributed by atoms with Crippen LogP contribution in [0.2, 0.25) is 0 Å². The Morgan fingerprint density at radius 3 is 2.86 bits per heavy atom. The van der Waals surface area contributed by atoms with Gasteiger partial charge in [0.05, 0.1) is 12.2 Å². The van der Waals surface area contributed by atoms with Crippen LogP contribution in [0.4, 0.5) is 0 Å². The Hall–Kier alpha value is -1.45. The lowest BCUT2D eigenvalue weighted by atomic mass is 9.82. The van der Waals surface area contributed by atoms with Crippen molar-refractivity contribution in [3.05, 3.63) is 24.0 Å². The molecule has 1 aliphatic carbocycles. The van der Waals surface area contributed by atoms with Gasteiger partial charge in [-0.2, -0.15) is 0 Å². The van der Waals surface area contributed by atoms with Crippen molar-refractivity contribution >= 4 is 6.29 Å². The van der Waals surface area contributed by atoms with Crippen LogP contribution in [0.3, 0.4) is 0 Å². The van der Waals surface area contributed by atoms with Crippen molar-refractivity contribution in [2.24, 2.45) is 0 Å². The van der Waals surface area contributed by atoms with Crippen molar-refractivity contribution in [2.45, 2.75) is 31.7 Å². The molecule has 0 amide bonds. The van der Waals surface area contributed by atoms with E-state index in [9.17, 15) is 4.79 Å². The van der Waals surface area contributed by atoms with Gasteiger partial charge in [-0.1, -0.05) is 17.7 Å². The molecule has 4 nitrogen and oxygen atoms in total. The number of allylic oxidation sites excluding steroid dienone is 1. The average molecular weight is 191 g/mol. The number of rotatable bonds is 4. The molecule has 1 aromatic rings. The number of hydrogen-bond donors (Lipinski definition) is 0. The van der Waals surface area contributed by atoms with E-state index in [0.29, 0.717) is 18.2 Å². The Bertz CT molecular complexity index is 352. The molecule has 0 atom stereocenters. The molecular formula is C10H13N3O. The van der Waals surface area contributed by atoms with Gasteiger partial charge in [0.25, 0.3) is 0 Å². The molecule has 1 fully saturated rings. The van der Waals surface area contributed by atoms with Crippen molar-refractivity contribution in [1.82, 2.24) is 15.0 Å². The summed E-state index contributed by atoms with van der Waals surface area (Å²) in [6.45, 7) is 4.29. The first-order chi connectivity index (χ1) is 6.86. The van der Waals surface area contributed by atoms with Gasteiger partial charge in [0, 0.05) is 5.92 Å². The van der Waals surface area contributed by atoms with Gasteiger partial charge in [0.15, 0.2) is 6.29 Å². The Morgan fingerprint density at radius 2 is 2.36 bits per heavy atom. The van der Waals surface area contributed by atoms with Gasteiger partial charge in [0.1, 0.15) is 5.69 Å². The van der Waals surface area contributed by atoms with Gasteiger partial charge in [-0.3, -0.25) is 4.79 Å². The lowest BCUT2D eigenvalue weighted by Crippen LogP contribution is -2.16. The van der Waals surface area contributed by atoms with Crippen molar-refractivity contribution < 1.29 is 4.79 Å². The third-order valence-corrected chi connectivity index (χ3v) is 2.71. The molecular weight excluding hydrogens is 178 g/mol. The van der Waals surface area contributed by atoms with Gasteiger partial charge < -0.3 is 0 Å². The summed E-state index contributed by atoms with van der Waals surface area (Å²) < 4.78 is 1.78. The topological polar surface area (TPSA) is 47.8 Å². The summed E-state index contributed by atoms with van der Waals surface area (Å²) in [5.74, 6) is 0.477. The quantitative estimate of drug-likeness (QED) is 0.535. The highest BCUT2D eigenvalue weighted by Crippen LogP contribution is 2.36. The molecule has 1 saturated carbocycles. The van der Waals surface area contributed by atoms with Gasteiger partial charge in [-0.15, -0.1) is 11.7 Å². The fourth-order valence-corrected chi connectivity index (χ4v) is 1.78. The summed E-state index contributed by atoms with van der Waals surface area (Å²) in [6, 6.07) is 0. The second kappa shape index (κ2) is 3.74. The van der Waals surface area contributed by atoms with E-state index in [1.165, 1.54) is 6.42 Å². The minimum Gasteiger partial charge on any atom is -0.296 e. The largest absolute Gasteiger partial charge is 0.296 e. The second-order valence-electron chi connectivity index (χ2n) is 3.58. The van der Waals surface area contributed by atoms with Crippen LogP contribution in [0, 0.1) is 0 Å². The van der Waals surface area contributed by atoms with E-state index < -0.39 is 0 Å². The molecule has 0 N–H and O–H groups in total. The predicted molar refractivity (Wildman–Crippen MR) is 52.2 cm³/mol. The maximum atomic E-state index is 10.7. The van der Waals surface area contributed by atoms with Crippen LogP contribution in [0.5, 0.6) is 0 Å². The molecule has 74 valence electrons. The van der Waals surface area contributed by atoms with E-state index in [1.807, 2.05) is 0 Å². The Kier molecular flexibility index (Phi) is 2.43. The first kappa shape index (κ1) is 9.12. The number of hydrogen-bond acceptors (Lipinski definition) is 3. The lowest BCUT2D eigenvalue weighted by molar-refractivity contribution is 0.111. The molecule has 0 aliphatic heterocycles. The van der Waals surface area contributed by atoms with E-state index in [0.717, 1.165) is 24.8 Å². The standard InChI is InChI=1S/C10H13N3O/c1-2-6-13-10(8-4-3-5-8)9(7-14)11-12-13/h2,7-8H,1,3-6H2. The monoisotopic (exact) mass is 191 g/mol. The Labute approximate surface area is 82.6 Å². The fraction of sp³-hybridized carbons (Fsp3) is 0.500. The normalized spacial score (nSPS) is 16.3. The molecule has 1 aliphatic rings. The summed E-state index contributed by atoms with van der Waals surface area (Å²) in [7, 11) is 0. The predicted octanol–water partition coefficient (Wildman–Crippen LogP) is 1.54. The van der Waals surface area contributed by atoms with Crippen LogP contribution in [0.25, 0.3) is 0 Å². The second-order valence-corrected chi connectivity index (χ2v) is 3.58. The number of aromatic nitrogens is 3. The zero-order valence-corrected chi connectivity index (χ0v) is 8.02. The van der Waals surface area contributed by atoms with E-state index in [2.05, 4.69) is 16.9 Å². The maximum absolute atomic E-state index is 10.7. The minimum absolute atomic E-state index is 0.477. The molecule has 14 heavy (non-hydrogen) atoms. The molecule has 1 heterocycles. The summed E-state index contributed by atoms with van der Waals surface area (Å²) in [6.07, 6.45) is 6.09. The number of aldehydes is 1. The minimum atomic E-state index is 0.477. The third-order valence-electron chi connectivity index (χ3n) is 2.71. The summed E-state index contributed by atoms with van der Waals surface area (Å²) in [4.78, 5) is 10.7. The highest BCUT2D eigenvalue weighted by atomic mass is 16.1. The van der Waals surface area contributed by atoms with Crippen LogP contribution in [-0.4, -0.2) is 21.3 Å². The molecule has 2 rings (SSSR count). The molecule has 0 radical (unpaired) electrons. The van der Waals surface area contributed by atoms with Gasteiger partial charge in [0.2, 0.25) is 0 Å². The lowest BCUT2D eigenvalue weighted by Gasteiger charge is -2.25. The summed E-state index contributed by atoms with van der Waals surface area (Å²) >= 11 is 0. The Morgan fingerprint density at radius 1 is 1.57 bits per heavy atom. The molecule has 0 aromatic carbocycles. The number of nitrogens with zero attached hydrogens (tertiary/aromatic N) is 3. The molecule has 4 heteroatoms. The SMILES string of the molecule is C=CCn1nnc(C=O)c1C1CCC1. The average Bonchev–Trinajstić information content (AvgIpc) is 2.47. The van der Waals surface area contributed by atoms with E-state index in [-0.39, 0.29) is 0 Å². The number of carbonyl (C=O) groups excluding carboxylic acids is 1. The van der Waals surface area contributed by atoms with Crippen LogP contribution in [-0.2, 0) is 6.54 Å².